The van der Waals surface area contributed by atoms with E-state index in [4.69, 9.17) is 0 Å². The summed E-state index contributed by atoms with van der Waals surface area (Å²) in [5.41, 5.74) is 0. The number of halogens is 3. The van der Waals surface area contributed by atoms with E-state index in [1.165, 1.54) is 4.90 Å². The summed E-state index contributed by atoms with van der Waals surface area (Å²) in [5.74, 6) is 0. The smallest absolute Gasteiger partial charge is 0.448 e. The molecule has 0 aromatic heterocycles. The summed E-state index contributed by atoms with van der Waals surface area (Å²) < 4.78 is 36.3. The molecule has 0 spiro atoms. The van der Waals surface area contributed by atoms with Gasteiger partial charge in [0.1, 0.15) is 0 Å². The molecule has 1 heterocycles. The van der Waals surface area contributed by atoms with Crippen LogP contribution in [-0.2, 0) is 0 Å². The van der Waals surface area contributed by atoms with Crippen LogP contribution in [0.2, 0.25) is 0 Å². The zero-order valence-electron chi connectivity index (χ0n) is 9.72. The molecule has 1 rings (SSSR count). The van der Waals surface area contributed by atoms with Crippen LogP contribution in [0.1, 0.15) is 12.8 Å². The van der Waals surface area contributed by atoms with Crippen molar-refractivity contribution < 1.29 is 64.3 Å². The Hall–Kier alpha value is 1.41. The minimum absolute atomic E-state index is 0. The molecular formula is C8H17BF3KN2. The van der Waals surface area contributed by atoms with Gasteiger partial charge in [-0.05, 0) is 46.5 Å². The first-order valence-corrected chi connectivity index (χ1v) is 4.98. The van der Waals surface area contributed by atoms with Crippen molar-refractivity contribution in [2.75, 3.05) is 33.6 Å². The largest absolute Gasteiger partial charge is 1.00 e. The quantitative estimate of drug-likeness (QED) is 0.555. The fourth-order valence-electron chi connectivity index (χ4n) is 1.91. The van der Waals surface area contributed by atoms with E-state index in [1.54, 1.807) is 0 Å². The maximum atomic E-state index is 12.1. The van der Waals surface area contributed by atoms with Crippen LogP contribution in [0, 0.1) is 0 Å². The first-order chi connectivity index (χ1) is 6.38. The number of piperidine rings is 1. The summed E-state index contributed by atoms with van der Waals surface area (Å²) in [4.78, 5) is 3.61. The fourth-order valence-corrected chi connectivity index (χ4v) is 1.91. The zero-order valence-corrected chi connectivity index (χ0v) is 12.8. The normalized spacial score (nSPS) is 20.4. The molecule has 0 radical (unpaired) electrons. The van der Waals surface area contributed by atoms with Crippen molar-refractivity contribution in [2.45, 2.75) is 18.9 Å². The molecule has 1 aliphatic heterocycles. The Morgan fingerprint density at radius 2 is 1.67 bits per heavy atom. The number of hydrogen-bond donors (Lipinski definition) is 0. The van der Waals surface area contributed by atoms with Crippen LogP contribution < -0.4 is 51.4 Å². The second kappa shape index (κ2) is 6.98. The molecule has 1 fully saturated rings. The van der Waals surface area contributed by atoms with E-state index < -0.39 is 13.4 Å². The van der Waals surface area contributed by atoms with Crippen molar-refractivity contribution in [3.05, 3.63) is 0 Å². The summed E-state index contributed by atoms with van der Waals surface area (Å²) in [6.07, 6.45) is 0.998. The second-order valence-corrected chi connectivity index (χ2v) is 4.21. The Kier molecular flexibility index (Phi) is 7.64. The minimum atomic E-state index is -4.65. The van der Waals surface area contributed by atoms with Crippen molar-refractivity contribution in [1.82, 2.24) is 9.80 Å². The first kappa shape index (κ1) is 16.4. The predicted octanol–water partition coefficient (Wildman–Crippen LogP) is -1.60. The Bertz CT molecular complexity index is 181. The van der Waals surface area contributed by atoms with Crippen LogP contribution in [0.4, 0.5) is 12.9 Å². The summed E-state index contributed by atoms with van der Waals surface area (Å²) in [6, 6.07) is 0.451. The molecule has 0 atom stereocenters. The average Bonchev–Trinajstić information content (AvgIpc) is 2.02. The molecule has 0 unspecified atom stereocenters. The van der Waals surface area contributed by atoms with Gasteiger partial charge in [-0.1, -0.05) is 0 Å². The number of hydrogen-bond acceptors (Lipinski definition) is 2. The second-order valence-electron chi connectivity index (χ2n) is 4.21. The fraction of sp³-hybridized carbons (Fsp3) is 1.00. The van der Waals surface area contributed by atoms with Crippen molar-refractivity contribution >= 4 is 6.98 Å². The standard InChI is InChI=1S/C8H17BF3N2.K/c1-13(2)8-3-5-14(6-4-8)7-9(10,11)12;/h8H,3-7H2,1-2H3;/q-1;+1. The third-order valence-electron chi connectivity index (χ3n) is 2.75. The van der Waals surface area contributed by atoms with Gasteiger partial charge in [-0.25, -0.2) is 0 Å². The molecule has 1 aliphatic rings. The Morgan fingerprint density at radius 1 is 1.20 bits per heavy atom. The molecular weight excluding hydrogens is 231 g/mol. The van der Waals surface area contributed by atoms with Gasteiger partial charge in [0.25, 0.3) is 0 Å². The van der Waals surface area contributed by atoms with Crippen LogP contribution in [0.5, 0.6) is 0 Å². The molecule has 0 bridgehead atoms. The monoisotopic (exact) mass is 248 g/mol. The van der Waals surface area contributed by atoms with E-state index in [9.17, 15) is 12.9 Å². The van der Waals surface area contributed by atoms with E-state index >= 15 is 0 Å². The molecule has 0 aromatic carbocycles. The molecule has 0 aromatic rings. The van der Waals surface area contributed by atoms with Gasteiger partial charge in [-0.2, -0.15) is 0 Å². The molecule has 0 aliphatic carbocycles. The van der Waals surface area contributed by atoms with E-state index in [1.807, 2.05) is 14.1 Å². The number of likely N-dealkylation sites (tertiary alicyclic amines) is 1. The molecule has 0 N–H and O–H groups in total. The van der Waals surface area contributed by atoms with E-state index in [-0.39, 0.29) is 51.4 Å². The van der Waals surface area contributed by atoms with E-state index in [2.05, 4.69) is 4.90 Å². The van der Waals surface area contributed by atoms with Gasteiger partial charge in [0, 0.05) is 6.04 Å². The van der Waals surface area contributed by atoms with Crippen molar-refractivity contribution in [3.8, 4) is 0 Å². The van der Waals surface area contributed by atoms with Gasteiger partial charge < -0.3 is 22.7 Å². The van der Waals surface area contributed by atoms with Crippen molar-refractivity contribution in [3.63, 3.8) is 0 Å². The number of rotatable bonds is 3. The topological polar surface area (TPSA) is 6.48 Å². The van der Waals surface area contributed by atoms with Gasteiger partial charge >= 0.3 is 58.4 Å². The summed E-state index contributed by atoms with van der Waals surface area (Å²) in [7, 11) is 3.96. The van der Waals surface area contributed by atoms with Gasteiger partial charge in [0.05, 0.1) is 0 Å². The molecule has 0 amide bonds. The summed E-state index contributed by atoms with van der Waals surface area (Å²) in [5, 5.41) is 0. The first-order valence-electron chi connectivity index (χ1n) is 4.98. The van der Waals surface area contributed by atoms with Crippen LogP contribution in [0.25, 0.3) is 0 Å². The number of nitrogens with zero attached hydrogens (tertiary/aromatic N) is 2. The average molecular weight is 248 g/mol. The van der Waals surface area contributed by atoms with E-state index in [0.717, 1.165) is 12.8 Å². The van der Waals surface area contributed by atoms with Crippen molar-refractivity contribution in [2.24, 2.45) is 0 Å². The molecule has 0 saturated carbocycles. The van der Waals surface area contributed by atoms with Crippen LogP contribution in [-0.4, -0.2) is 56.4 Å². The van der Waals surface area contributed by atoms with Gasteiger partial charge in [0.2, 0.25) is 0 Å². The summed E-state index contributed by atoms with van der Waals surface area (Å²) in [6.45, 7) is -3.50. The van der Waals surface area contributed by atoms with Crippen molar-refractivity contribution in [1.29, 1.82) is 0 Å². The van der Waals surface area contributed by atoms with E-state index in [0.29, 0.717) is 19.1 Å². The maximum absolute atomic E-state index is 12.1. The molecule has 2 nitrogen and oxygen atoms in total. The van der Waals surface area contributed by atoms with Crippen LogP contribution in [0.3, 0.4) is 0 Å². The predicted molar refractivity (Wildman–Crippen MR) is 52.2 cm³/mol. The van der Waals surface area contributed by atoms with Gasteiger partial charge in [-0.3, -0.25) is 0 Å². The Morgan fingerprint density at radius 3 is 2.00 bits per heavy atom. The molecule has 84 valence electrons. The SMILES string of the molecule is CN(C)C1CCN(C[B-](F)(F)F)CC1.[K+]. The van der Waals surface area contributed by atoms with Crippen LogP contribution in [0.15, 0.2) is 0 Å². The Labute approximate surface area is 132 Å². The zero-order chi connectivity index (χ0) is 10.8. The summed E-state index contributed by atoms with van der Waals surface area (Å²) >= 11 is 0. The third kappa shape index (κ3) is 6.65. The Balaban J connectivity index is 0.00000196. The van der Waals surface area contributed by atoms with Gasteiger partial charge in [-0.15, -0.1) is 0 Å². The molecule has 1 saturated heterocycles. The van der Waals surface area contributed by atoms with Crippen LogP contribution >= 0.6 is 0 Å². The molecule has 15 heavy (non-hydrogen) atoms. The minimum Gasteiger partial charge on any atom is -0.448 e. The third-order valence-corrected chi connectivity index (χ3v) is 2.75. The van der Waals surface area contributed by atoms with Gasteiger partial charge in [0.15, 0.2) is 0 Å². The maximum Gasteiger partial charge on any atom is 1.00 e. The molecule has 7 heteroatoms.